The molecule has 0 saturated carbocycles. The molecule has 0 unspecified atom stereocenters. The lowest BCUT2D eigenvalue weighted by Gasteiger charge is -2.11. The van der Waals surface area contributed by atoms with E-state index in [1.807, 2.05) is 18.4 Å². The first-order valence-corrected chi connectivity index (χ1v) is 9.25. The maximum absolute atomic E-state index is 13.0. The molecule has 1 aliphatic rings. The molecule has 1 aliphatic heterocycles. The second-order valence-electron chi connectivity index (χ2n) is 7.00. The molecule has 1 aromatic carbocycles. The van der Waals surface area contributed by atoms with E-state index in [1.165, 1.54) is 12.1 Å². The summed E-state index contributed by atoms with van der Waals surface area (Å²) < 4.78 is 20.1. The molecule has 1 N–H and O–H groups in total. The third kappa shape index (κ3) is 4.47. The summed E-state index contributed by atoms with van der Waals surface area (Å²) in [6.07, 6.45) is 1.40. The standard InChI is InChI=1S/C21H23FN2O4/c1-13-11-17(19(25)12-28-21(27)18-7-8-20(26)23-18)14(2)24(13)10-9-15-3-5-16(22)6-4-15/h3-6,11,18H,7-10,12H2,1-2H3,(H,23,26)/t18-/m1/s1. The van der Waals surface area contributed by atoms with Crippen molar-refractivity contribution in [2.45, 2.75) is 45.7 Å². The van der Waals surface area contributed by atoms with Crippen molar-refractivity contribution >= 4 is 17.7 Å². The van der Waals surface area contributed by atoms with Crippen molar-refractivity contribution in [3.63, 3.8) is 0 Å². The lowest BCUT2D eigenvalue weighted by Crippen LogP contribution is -2.35. The molecule has 7 heteroatoms. The number of carbonyl (C=O) groups excluding carboxylic acids is 3. The Balaban J connectivity index is 1.60. The van der Waals surface area contributed by atoms with Gasteiger partial charge in [0.1, 0.15) is 11.9 Å². The number of aromatic nitrogens is 1. The maximum Gasteiger partial charge on any atom is 0.329 e. The number of hydrogen-bond acceptors (Lipinski definition) is 4. The van der Waals surface area contributed by atoms with Gasteiger partial charge >= 0.3 is 5.97 Å². The van der Waals surface area contributed by atoms with Crippen molar-refractivity contribution in [2.75, 3.05) is 6.61 Å². The first kappa shape index (κ1) is 19.8. The molecule has 1 aromatic heterocycles. The molecule has 1 fully saturated rings. The minimum Gasteiger partial charge on any atom is -0.456 e. The van der Waals surface area contributed by atoms with Crippen LogP contribution < -0.4 is 5.32 Å². The van der Waals surface area contributed by atoms with Crippen LogP contribution in [0.3, 0.4) is 0 Å². The average Bonchev–Trinajstić information content (AvgIpc) is 3.23. The van der Waals surface area contributed by atoms with Gasteiger partial charge in [0.2, 0.25) is 11.7 Å². The Labute approximate surface area is 162 Å². The molecule has 1 amide bonds. The maximum atomic E-state index is 13.0. The zero-order valence-corrected chi connectivity index (χ0v) is 16.0. The molecular weight excluding hydrogens is 363 g/mol. The Morgan fingerprint density at radius 3 is 2.61 bits per heavy atom. The van der Waals surface area contributed by atoms with Crippen molar-refractivity contribution in [2.24, 2.45) is 0 Å². The van der Waals surface area contributed by atoms with Crippen molar-refractivity contribution < 1.29 is 23.5 Å². The quantitative estimate of drug-likeness (QED) is 0.586. The van der Waals surface area contributed by atoms with E-state index in [0.29, 0.717) is 31.4 Å². The second-order valence-corrected chi connectivity index (χ2v) is 7.00. The lowest BCUT2D eigenvalue weighted by molar-refractivity contribution is -0.145. The molecule has 0 bridgehead atoms. The number of amides is 1. The molecule has 148 valence electrons. The molecule has 3 rings (SSSR count). The van der Waals surface area contributed by atoms with Gasteiger partial charge in [0.25, 0.3) is 0 Å². The number of ketones is 1. The van der Waals surface area contributed by atoms with E-state index in [-0.39, 0.29) is 24.1 Å². The lowest BCUT2D eigenvalue weighted by atomic mass is 10.1. The van der Waals surface area contributed by atoms with Gasteiger partial charge < -0.3 is 14.6 Å². The van der Waals surface area contributed by atoms with Crippen molar-refractivity contribution in [1.29, 1.82) is 0 Å². The number of halogens is 1. The number of benzene rings is 1. The Hall–Kier alpha value is -2.96. The van der Waals surface area contributed by atoms with Crippen molar-refractivity contribution in [3.05, 3.63) is 58.7 Å². The van der Waals surface area contributed by atoms with Crippen molar-refractivity contribution in [3.8, 4) is 0 Å². The molecule has 0 spiro atoms. The molecule has 0 radical (unpaired) electrons. The largest absolute Gasteiger partial charge is 0.456 e. The first-order chi connectivity index (χ1) is 13.3. The molecule has 1 atom stereocenters. The Morgan fingerprint density at radius 2 is 1.96 bits per heavy atom. The molecule has 2 heterocycles. The summed E-state index contributed by atoms with van der Waals surface area (Å²) in [6, 6.07) is 7.48. The highest BCUT2D eigenvalue weighted by Gasteiger charge is 2.29. The molecule has 2 aromatic rings. The van der Waals surface area contributed by atoms with Crippen LogP contribution in [-0.4, -0.2) is 34.9 Å². The topological polar surface area (TPSA) is 77.4 Å². The summed E-state index contributed by atoms with van der Waals surface area (Å²) in [5.74, 6) is -1.31. The van der Waals surface area contributed by atoms with Gasteiger partial charge in [0.15, 0.2) is 6.61 Å². The summed E-state index contributed by atoms with van der Waals surface area (Å²) >= 11 is 0. The van der Waals surface area contributed by atoms with E-state index >= 15 is 0 Å². The number of ether oxygens (including phenoxy) is 1. The van der Waals surface area contributed by atoms with Gasteiger partial charge in [-0.15, -0.1) is 0 Å². The van der Waals surface area contributed by atoms with E-state index in [0.717, 1.165) is 17.0 Å². The third-order valence-corrected chi connectivity index (χ3v) is 5.04. The third-order valence-electron chi connectivity index (χ3n) is 5.04. The van der Waals surface area contributed by atoms with Crippen LogP contribution in [0.2, 0.25) is 0 Å². The monoisotopic (exact) mass is 386 g/mol. The second kappa shape index (κ2) is 8.37. The molecule has 1 saturated heterocycles. The van der Waals surface area contributed by atoms with Gasteiger partial charge in [-0.2, -0.15) is 0 Å². The van der Waals surface area contributed by atoms with E-state index < -0.39 is 12.0 Å². The van der Waals surface area contributed by atoms with Crippen LogP contribution >= 0.6 is 0 Å². The van der Waals surface area contributed by atoms with E-state index in [2.05, 4.69) is 5.32 Å². The van der Waals surface area contributed by atoms with Gasteiger partial charge in [-0.1, -0.05) is 12.1 Å². The van der Waals surface area contributed by atoms with Crippen LogP contribution in [0.25, 0.3) is 0 Å². The Morgan fingerprint density at radius 1 is 1.25 bits per heavy atom. The van der Waals surface area contributed by atoms with Crippen LogP contribution in [0.4, 0.5) is 4.39 Å². The summed E-state index contributed by atoms with van der Waals surface area (Å²) in [4.78, 5) is 35.6. The number of rotatable bonds is 7. The number of nitrogens with one attached hydrogen (secondary N) is 1. The van der Waals surface area contributed by atoms with E-state index in [9.17, 15) is 18.8 Å². The van der Waals surface area contributed by atoms with Crippen LogP contribution in [0.5, 0.6) is 0 Å². The number of esters is 1. The minimum atomic E-state index is -0.663. The van der Waals surface area contributed by atoms with E-state index in [1.54, 1.807) is 18.2 Å². The normalized spacial score (nSPS) is 16.1. The zero-order valence-electron chi connectivity index (χ0n) is 16.0. The number of carbonyl (C=O) groups is 3. The molecular formula is C21H23FN2O4. The number of aryl methyl sites for hydroxylation is 2. The van der Waals surface area contributed by atoms with E-state index in [4.69, 9.17) is 4.74 Å². The zero-order chi connectivity index (χ0) is 20.3. The van der Waals surface area contributed by atoms with Crippen LogP contribution in [0.1, 0.15) is 40.2 Å². The van der Waals surface area contributed by atoms with Gasteiger partial charge in [-0.05, 0) is 50.5 Å². The number of Topliss-reactive ketones (excluding diaryl/α,β-unsaturated/α-hetero) is 1. The highest BCUT2D eigenvalue weighted by atomic mass is 19.1. The predicted molar refractivity (Wildman–Crippen MR) is 100 cm³/mol. The SMILES string of the molecule is Cc1cc(C(=O)COC(=O)[C@H]2CCC(=O)N2)c(C)n1CCc1ccc(F)cc1. The summed E-state index contributed by atoms with van der Waals surface area (Å²) in [5.41, 5.74) is 3.25. The molecule has 28 heavy (non-hydrogen) atoms. The van der Waals surface area contributed by atoms with Gasteiger partial charge in [-0.3, -0.25) is 9.59 Å². The molecule has 0 aliphatic carbocycles. The first-order valence-electron chi connectivity index (χ1n) is 9.25. The van der Waals surface area contributed by atoms with Crippen molar-refractivity contribution in [1.82, 2.24) is 9.88 Å². The fraction of sp³-hybridized carbons (Fsp3) is 0.381. The summed E-state index contributed by atoms with van der Waals surface area (Å²) in [5, 5.41) is 2.53. The Bertz CT molecular complexity index is 902. The highest BCUT2D eigenvalue weighted by molar-refractivity contribution is 5.99. The number of nitrogens with zero attached hydrogens (tertiary/aromatic N) is 1. The predicted octanol–water partition coefficient (Wildman–Crippen LogP) is 2.49. The van der Waals surface area contributed by atoms with Crippen LogP contribution in [0, 0.1) is 19.7 Å². The summed E-state index contributed by atoms with van der Waals surface area (Å²) in [7, 11) is 0. The minimum absolute atomic E-state index is 0.182. The highest BCUT2D eigenvalue weighted by Crippen LogP contribution is 2.18. The fourth-order valence-electron chi connectivity index (χ4n) is 3.43. The Kier molecular flexibility index (Phi) is 5.92. The van der Waals surface area contributed by atoms with Gasteiger partial charge in [0, 0.05) is 29.9 Å². The average molecular weight is 386 g/mol. The fourth-order valence-corrected chi connectivity index (χ4v) is 3.43. The van der Waals surface area contributed by atoms with Gasteiger partial charge in [-0.25, -0.2) is 9.18 Å². The number of hydrogen-bond donors (Lipinski definition) is 1. The summed E-state index contributed by atoms with van der Waals surface area (Å²) in [6.45, 7) is 4.07. The molecule has 6 nitrogen and oxygen atoms in total. The van der Waals surface area contributed by atoms with Crippen LogP contribution in [0.15, 0.2) is 30.3 Å². The van der Waals surface area contributed by atoms with Crippen LogP contribution in [-0.2, 0) is 27.3 Å². The smallest absolute Gasteiger partial charge is 0.329 e. The van der Waals surface area contributed by atoms with Gasteiger partial charge in [0.05, 0.1) is 0 Å².